The molecule has 1 N–H and O–H groups in total. The lowest BCUT2D eigenvalue weighted by atomic mass is 10.0. The van der Waals surface area contributed by atoms with Crippen LogP contribution in [-0.4, -0.2) is 12.6 Å². The normalized spacial score (nSPS) is 13.3. The lowest BCUT2D eigenvalue weighted by Gasteiger charge is -2.06. The molecule has 3 rings (SSSR count). The molecule has 0 amide bonds. The molecular weight excluding hydrogens is 186 g/mol. The van der Waals surface area contributed by atoms with Crippen LogP contribution >= 0.6 is 0 Å². The number of hydrogen-bond acceptors (Lipinski definition) is 3. The molecule has 0 fully saturated rings. The number of nitrogens with one attached hydrogen (secondary N) is 1. The van der Waals surface area contributed by atoms with Crippen LogP contribution in [0.4, 0.5) is 5.69 Å². The van der Waals surface area contributed by atoms with Crippen molar-refractivity contribution < 1.29 is 0 Å². The molecule has 0 atom stereocenters. The van der Waals surface area contributed by atoms with E-state index in [1.165, 1.54) is 10.8 Å². The first-order valence-electron chi connectivity index (χ1n) is 4.78. The number of hydrogen-bond donors (Lipinski definition) is 1. The zero-order valence-corrected chi connectivity index (χ0v) is 8.01. The number of rotatable bonds is 0. The number of fused-ring (bicyclic) bond motifs is 3. The fourth-order valence-corrected chi connectivity index (χ4v) is 1.78. The fourth-order valence-electron chi connectivity index (χ4n) is 1.78. The second-order valence-corrected chi connectivity index (χ2v) is 3.38. The monoisotopic (exact) mass is 195 g/mol. The summed E-state index contributed by atoms with van der Waals surface area (Å²) >= 11 is 0. The minimum atomic E-state index is 1.04. The molecule has 2 aromatic rings. The van der Waals surface area contributed by atoms with Gasteiger partial charge in [-0.05, 0) is 16.8 Å². The first kappa shape index (κ1) is 8.17. The van der Waals surface area contributed by atoms with Crippen molar-refractivity contribution in [3.8, 4) is 0 Å². The van der Waals surface area contributed by atoms with Crippen LogP contribution in [-0.2, 0) is 0 Å². The van der Waals surface area contributed by atoms with Crippen LogP contribution in [0.25, 0.3) is 10.8 Å². The summed E-state index contributed by atoms with van der Waals surface area (Å²) in [6, 6.07) is 12.4. The lowest BCUT2D eigenvalue weighted by Crippen LogP contribution is -1.96. The molecule has 0 spiro atoms. The van der Waals surface area contributed by atoms with Crippen molar-refractivity contribution in [2.45, 2.75) is 0 Å². The molecular formula is C12H9N3. The van der Waals surface area contributed by atoms with Crippen molar-refractivity contribution in [1.29, 1.82) is 0 Å². The van der Waals surface area contributed by atoms with Crippen LogP contribution in [0.3, 0.4) is 0 Å². The van der Waals surface area contributed by atoms with Crippen molar-refractivity contribution in [2.24, 2.45) is 10.2 Å². The van der Waals surface area contributed by atoms with Crippen LogP contribution in [0.5, 0.6) is 0 Å². The number of anilines is 1. The molecule has 0 bridgehead atoms. The van der Waals surface area contributed by atoms with E-state index >= 15 is 0 Å². The van der Waals surface area contributed by atoms with Crippen LogP contribution < -0.4 is 5.32 Å². The molecule has 15 heavy (non-hydrogen) atoms. The summed E-state index contributed by atoms with van der Waals surface area (Å²) in [5.41, 5.74) is 2.13. The SMILES string of the molecule is C1=NN=Cc2c(ccc3ccccc23)N1. The first-order valence-corrected chi connectivity index (χ1v) is 4.78. The van der Waals surface area contributed by atoms with Gasteiger partial charge in [-0.25, -0.2) is 0 Å². The molecule has 0 saturated heterocycles. The fraction of sp³-hybridized carbons (Fsp3) is 0. The molecule has 1 heterocycles. The molecule has 0 unspecified atom stereocenters. The molecule has 2 aromatic carbocycles. The second-order valence-electron chi connectivity index (χ2n) is 3.38. The van der Waals surface area contributed by atoms with E-state index in [1.54, 1.807) is 12.6 Å². The minimum Gasteiger partial charge on any atom is -0.344 e. The Bertz CT molecular complexity index is 570. The number of benzene rings is 2. The molecule has 0 aromatic heterocycles. The lowest BCUT2D eigenvalue weighted by molar-refractivity contribution is 1.27. The quantitative estimate of drug-likeness (QED) is 0.689. The summed E-state index contributed by atoms with van der Waals surface area (Å²) in [4.78, 5) is 0. The van der Waals surface area contributed by atoms with E-state index in [4.69, 9.17) is 0 Å². The van der Waals surface area contributed by atoms with Gasteiger partial charge >= 0.3 is 0 Å². The highest BCUT2D eigenvalue weighted by molar-refractivity contribution is 6.07. The summed E-state index contributed by atoms with van der Waals surface area (Å²) in [5.74, 6) is 0. The summed E-state index contributed by atoms with van der Waals surface area (Å²) in [6.07, 6.45) is 3.38. The third-order valence-corrected chi connectivity index (χ3v) is 2.50. The zero-order valence-electron chi connectivity index (χ0n) is 8.01. The van der Waals surface area contributed by atoms with E-state index in [2.05, 4.69) is 33.7 Å². The van der Waals surface area contributed by atoms with Crippen molar-refractivity contribution in [3.05, 3.63) is 42.0 Å². The van der Waals surface area contributed by atoms with Gasteiger partial charge in [0.15, 0.2) is 0 Å². The molecule has 72 valence electrons. The first-order chi connectivity index (χ1) is 7.45. The molecule has 1 aliphatic rings. The van der Waals surface area contributed by atoms with Gasteiger partial charge in [0.05, 0.1) is 6.21 Å². The average Bonchev–Trinajstić information content (AvgIpc) is 2.54. The Balaban J connectivity index is 2.38. The summed E-state index contributed by atoms with van der Waals surface area (Å²) in [7, 11) is 0. The highest BCUT2D eigenvalue weighted by Gasteiger charge is 2.05. The van der Waals surface area contributed by atoms with Crippen LogP contribution in [0, 0.1) is 0 Å². The summed E-state index contributed by atoms with van der Waals surface area (Å²) in [5, 5.41) is 13.3. The van der Waals surface area contributed by atoms with Gasteiger partial charge in [0.2, 0.25) is 0 Å². The Hall–Kier alpha value is -2.16. The Labute approximate surface area is 87.1 Å². The Morgan fingerprint density at radius 1 is 0.933 bits per heavy atom. The maximum Gasteiger partial charge on any atom is 0.115 e. The van der Waals surface area contributed by atoms with Gasteiger partial charge < -0.3 is 5.32 Å². The third-order valence-electron chi connectivity index (χ3n) is 2.50. The van der Waals surface area contributed by atoms with Crippen molar-refractivity contribution in [3.63, 3.8) is 0 Å². The largest absolute Gasteiger partial charge is 0.344 e. The van der Waals surface area contributed by atoms with Gasteiger partial charge in [-0.1, -0.05) is 30.3 Å². The van der Waals surface area contributed by atoms with E-state index in [9.17, 15) is 0 Å². The standard InChI is InChI=1S/C12H9N3/c1-2-4-10-9(3-1)5-6-12-11(10)7-14-15-8-13-12/h1-8H,(H,13,15). The third kappa shape index (κ3) is 1.29. The predicted molar refractivity (Wildman–Crippen MR) is 63.7 cm³/mol. The summed E-state index contributed by atoms with van der Waals surface area (Å²) in [6.45, 7) is 0. The van der Waals surface area contributed by atoms with E-state index in [1.807, 2.05) is 18.2 Å². The van der Waals surface area contributed by atoms with Crippen LogP contribution in [0.2, 0.25) is 0 Å². The minimum absolute atomic E-state index is 1.04. The molecule has 3 nitrogen and oxygen atoms in total. The maximum absolute atomic E-state index is 3.94. The summed E-state index contributed by atoms with van der Waals surface area (Å²) < 4.78 is 0. The Morgan fingerprint density at radius 2 is 1.87 bits per heavy atom. The topological polar surface area (TPSA) is 36.8 Å². The smallest absolute Gasteiger partial charge is 0.115 e. The van der Waals surface area contributed by atoms with Crippen LogP contribution in [0.15, 0.2) is 46.6 Å². The molecule has 0 saturated carbocycles. The van der Waals surface area contributed by atoms with Crippen molar-refractivity contribution >= 4 is 29.0 Å². The molecule has 1 aliphatic heterocycles. The van der Waals surface area contributed by atoms with Gasteiger partial charge in [0.1, 0.15) is 6.34 Å². The van der Waals surface area contributed by atoms with Crippen molar-refractivity contribution in [2.75, 3.05) is 5.32 Å². The molecule has 0 aliphatic carbocycles. The van der Waals surface area contributed by atoms with Gasteiger partial charge in [0.25, 0.3) is 0 Å². The van der Waals surface area contributed by atoms with E-state index < -0.39 is 0 Å². The van der Waals surface area contributed by atoms with Crippen molar-refractivity contribution in [1.82, 2.24) is 0 Å². The second kappa shape index (κ2) is 3.20. The predicted octanol–water partition coefficient (Wildman–Crippen LogP) is 2.63. The molecule has 0 radical (unpaired) electrons. The van der Waals surface area contributed by atoms with Crippen LogP contribution in [0.1, 0.15) is 5.56 Å². The Kier molecular flexibility index (Phi) is 1.75. The van der Waals surface area contributed by atoms with Gasteiger partial charge in [0, 0.05) is 11.3 Å². The van der Waals surface area contributed by atoms with E-state index in [-0.39, 0.29) is 0 Å². The van der Waals surface area contributed by atoms with E-state index in [0.717, 1.165) is 11.3 Å². The van der Waals surface area contributed by atoms with Gasteiger partial charge in [-0.2, -0.15) is 5.10 Å². The van der Waals surface area contributed by atoms with E-state index in [0.29, 0.717) is 0 Å². The highest BCUT2D eigenvalue weighted by Crippen LogP contribution is 2.25. The zero-order chi connectivity index (χ0) is 10.1. The molecule has 3 heteroatoms. The highest BCUT2D eigenvalue weighted by atomic mass is 15.2. The number of nitrogens with zero attached hydrogens (tertiary/aromatic N) is 2. The van der Waals surface area contributed by atoms with Gasteiger partial charge in [-0.15, -0.1) is 5.10 Å². The van der Waals surface area contributed by atoms with Gasteiger partial charge in [-0.3, -0.25) is 0 Å². The average molecular weight is 195 g/mol. The maximum atomic E-state index is 3.94. The Morgan fingerprint density at radius 3 is 2.87 bits per heavy atom.